The molecule has 0 radical (unpaired) electrons. The van der Waals surface area contributed by atoms with Crippen LogP contribution in [-0.4, -0.2) is 36.5 Å². The second-order valence-electron chi connectivity index (χ2n) is 5.06. The molecule has 0 spiro atoms. The molecule has 1 N–H and O–H groups in total. The van der Waals surface area contributed by atoms with Crippen LogP contribution in [-0.2, 0) is 4.79 Å². The van der Waals surface area contributed by atoms with Crippen LogP contribution in [0.15, 0.2) is 0 Å². The summed E-state index contributed by atoms with van der Waals surface area (Å²) in [5.74, 6) is 1.06. The lowest BCUT2D eigenvalue weighted by Crippen LogP contribution is -2.35. The van der Waals surface area contributed by atoms with Gasteiger partial charge < -0.3 is 10.2 Å². The van der Waals surface area contributed by atoms with Crippen LogP contribution in [0.4, 0.5) is 0 Å². The van der Waals surface area contributed by atoms with E-state index in [9.17, 15) is 4.79 Å². The average Bonchev–Trinajstić information content (AvgIpc) is 2.40. The highest BCUT2D eigenvalue weighted by Gasteiger charge is 2.20. The Hall–Kier alpha value is -0.570. The normalized spacial score (nSPS) is 24.3. The zero-order chi connectivity index (χ0) is 12.0. The summed E-state index contributed by atoms with van der Waals surface area (Å²) < 4.78 is 0. The Balaban J connectivity index is 2.31. The SMILES string of the molecule is CCNC(C)CCN1CCC(C)CCC1=O. The largest absolute Gasteiger partial charge is 0.343 e. The number of hydrogen-bond donors (Lipinski definition) is 1. The molecular formula is C13H26N2O. The Kier molecular flexibility index (Phi) is 5.81. The van der Waals surface area contributed by atoms with Crippen molar-refractivity contribution >= 4 is 5.91 Å². The molecular weight excluding hydrogens is 200 g/mol. The summed E-state index contributed by atoms with van der Waals surface area (Å²) in [4.78, 5) is 13.9. The Morgan fingerprint density at radius 3 is 2.94 bits per heavy atom. The van der Waals surface area contributed by atoms with E-state index in [1.54, 1.807) is 0 Å². The van der Waals surface area contributed by atoms with Crippen molar-refractivity contribution in [1.82, 2.24) is 10.2 Å². The van der Waals surface area contributed by atoms with Crippen LogP contribution >= 0.6 is 0 Å². The number of carbonyl (C=O) groups excluding carboxylic acids is 1. The van der Waals surface area contributed by atoms with Crippen LogP contribution in [0.5, 0.6) is 0 Å². The fourth-order valence-electron chi connectivity index (χ4n) is 2.21. The second kappa shape index (κ2) is 6.89. The van der Waals surface area contributed by atoms with Crippen molar-refractivity contribution in [1.29, 1.82) is 0 Å². The van der Waals surface area contributed by atoms with Crippen LogP contribution in [0.1, 0.15) is 46.5 Å². The minimum absolute atomic E-state index is 0.355. The van der Waals surface area contributed by atoms with Gasteiger partial charge in [0.25, 0.3) is 0 Å². The summed E-state index contributed by atoms with van der Waals surface area (Å²) in [5, 5.41) is 3.39. The number of rotatable bonds is 5. The van der Waals surface area contributed by atoms with Gasteiger partial charge in [-0.15, -0.1) is 0 Å². The molecule has 0 aromatic rings. The van der Waals surface area contributed by atoms with Gasteiger partial charge in [-0.25, -0.2) is 0 Å². The predicted molar refractivity (Wildman–Crippen MR) is 67.4 cm³/mol. The molecule has 1 heterocycles. The molecule has 94 valence electrons. The van der Waals surface area contributed by atoms with Gasteiger partial charge in [0, 0.05) is 25.6 Å². The Labute approximate surface area is 99.6 Å². The number of carbonyl (C=O) groups is 1. The van der Waals surface area contributed by atoms with Gasteiger partial charge in [-0.1, -0.05) is 13.8 Å². The molecule has 1 saturated heterocycles. The highest BCUT2D eigenvalue weighted by molar-refractivity contribution is 5.76. The number of amides is 1. The van der Waals surface area contributed by atoms with E-state index in [1.165, 1.54) is 6.42 Å². The molecule has 3 heteroatoms. The van der Waals surface area contributed by atoms with Crippen molar-refractivity contribution in [3.05, 3.63) is 0 Å². The maximum atomic E-state index is 11.8. The van der Waals surface area contributed by atoms with E-state index in [2.05, 4.69) is 31.0 Å². The van der Waals surface area contributed by atoms with Gasteiger partial charge in [0.05, 0.1) is 0 Å². The predicted octanol–water partition coefficient (Wildman–Crippen LogP) is 2.02. The van der Waals surface area contributed by atoms with Crippen molar-refractivity contribution in [3.63, 3.8) is 0 Å². The number of hydrogen-bond acceptors (Lipinski definition) is 2. The van der Waals surface area contributed by atoms with Crippen LogP contribution in [0, 0.1) is 5.92 Å². The summed E-state index contributed by atoms with van der Waals surface area (Å²) in [7, 11) is 0. The zero-order valence-electron chi connectivity index (χ0n) is 11.0. The minimum atomic E-state index is 0.355. The van der Waals surface area contributed by atoms with Gasteiger partial charge in [-0.05, 0) is 38.6 Å². The minimum Gasteiger partial charge on any atom is -0.343 e. The quantitative estimate of drug-likeness (QED) is 0.778. The third-order valence-electron chi connectivity index (χ3n) is 3.48. The highest BCUT2D eigenvalue weighted by atomic mass is 16.2. The average molecular weight is 226 g/mol. The molecule has 3 nitrogen and oxygen atoms in total. The second-order valence-corrected chi connectivity index (χ2v) is 5.06. The third kappa shape index (κ3) is 4.52. The monoisotopic (exact) mass is 226 g/mol. The van der Waals surface area contributed by atoms with Crippen molar-refractivity contribution in [2.24, 2.45) is 5.92 Å². The lowest BCUT2D eigenvalue weighted by molar-refractivity contribution is -0.130. The molecule has 0 saturated carbocycles. The first kappa shape index (κ1) is 13.5. The highest BCUT2D eigenvalue weighted by Crippen LogP contribution is 2.17. The fourth-order valence-corrected chi connectivity index (χ4v) is 2.21. The van der Waals surface area contributed by atoms with Crippen LogP contribution in [0.2, 0.25) is 0 Å². The van der Waals surface area contributed by atoms with Gasteiger partial charge in [0.15, 0.2) is 0 Å². The van der Waals surface area contributed by atoms with Gasteiger partial charge in [-0.2, -0.15) is 0 Å². The van der Waals surface area contributed by atoms with Crippen molar-refractivity contribution < 1.29 is 4.79 Å². The zero-order valence-corrected chi connectivity index (χ0v) is 11.0. The summed E-state index contributed by atoms with van der Waals surface area (Å²) in [5.41, 5.74) is 0. The molecule has 1 fully saturated rings. The lowest BCUT2D eigenvalue weighted by atomic mass is 10.0. The first-order chi connectivity index (χ1) is 7.63. The van der Waals surface area contributed by atoms with Crippen molar-refractivity contribution in [2.45, 2.75) is 52.5 Å². The molecule has 16 heavy (non-hydrogen) atoms. The molecule has 0 aromatic carbocycles. The maximum Gasteiger partial charge on any atom is 0.222 e. The molecule has 1 rings (SSSR count). The smallest absolute Gasteiger partial charge is 0.222 e. The number of nitrogens with one attached hydrogen (secondary N) is 1. The summed E-state index contributed by atoms with van der Waals surface area (Å²) >= 11 is 0. The van der Waals surface area contributed by atoms with Crippen LogP contribution < -0.4 is 5.32 Å². The Morgan fingerprint density at radius 2 is 2.25 bits per heavy atom. The van der Waals surface area contributed by atoms with E-state index >= 15 is 0 Å². The maximum absolute atomic E-state index is 11.8. The first-order valence-electron chi connectivity index (χ1n) is 6.64. The summed E-state index contributed by atoms with van der Waals surface area (Å²) in [6.07, 6.45) is 4.05. The van der Waals surface area contributed by atoms with Crippen molar-refractivity contribution in [2.75, 3.05) is 19.6 Å². The third-order valence-corrected chi connectivity index (χ3v) is 3.48. The van der Waals surface area contributed by atoms with E-state index in [1.807, 2.05) is 0 Å². The van der Waals surface area contributed by atoms with Gasteiger partial charge >= 0.3 is 0 Å². The van der Waals surface area contributed by atoms with Gasteiger partial charge in [0.1, 0.15) is 0 Å². The Morgan fingerprint density at radius 1 is 1.50 bits per heavy atom. The first-order valence-corrected chi connectivity index (χ1v) is 6.64. The van der Waals surface area contributed by atoms with E-state index in [0.717, 1.165) is 38.9 Å². The summed E-state index contributed by atoms with van der Waals surface area (Å²) in [6, 6.07) is 0.512. The molecule has 1 aliphatic rings. The molecule has 1 aliphatic heterocycles. The molecule has 1 amide bonds. The van der Waals surface area contributed by atoms with Crippen LogP contribution in [0.3, 0.4) is 0 Å². The molecule has 0 aromatic heterocycles. The molecule has 0 bridgehead atoms. The van der Waals surface area contributed by atoms with Crippen molar-refractivity contribution in [3.8, 4) is 0 Å². The van der Waals surface area contributed by atoms with E-state index < -0.39 is 0 Å². The molecule has 2 unspecified atom stereocenters. The topological polar surface area (TPSA) is 32.3 Å². The standard InChI is InChI=1S/C13H26N2O/c1-4-14-12(3)8-10-15-9-7-11(2)5-6-13(15)16/h11-12,14H,4-10H2,1-3H3. The van der Waals surface area contributed by atoms with E-state index in [4.69, 9.17) is 0 Å². The molecule has 2 atom stereocenters. The van der Waals surface area contributed by atoms with Gasteiger partial charge in [0.2, 0.25) is 5.91 Å². The summed E-state index contributed by atoms with van der Waals surface area (Å²) in [6.45, 7) is 9.44. The number of likely N-dealkylation sites (tertiary alicyclic amines) is 1. The molecule has 0 aliphatic carbocycles. The lowest BCUT2D eigenvalue weighted by Gasteiger charge is -2.23. The number of nitrogens with zero attached hydrogens (tertiary/aromatic N) is 1. The van der Waals surface area contributed by atoms with E-state index in [-0.39, 0.29) is 0 Å². The van der Waals surface area contributed by atoms with Gasteiger partial charge in [-0.3, -0.25) is 4.79 Å². The van der Waals surface area contributed by atoms with E-state index in [0.29, 0.717) is 17.9 Å². The Bertz CT molecular complexity index is 218. The fraction of sp³-hybridized carbons (Fsp3) is 0.923. The van der Waals surface area contributed by atoms with Crippen LogP contribution in [0.25, 0.3) is 0 Å².